The van der Waals surface area contributed by atoms with Gasteiger partial charge in [-0.05, 0) is 81.8 Å². The monoisotopic (exact) mass is 372 g/mol. The standard InChI is InChI=1S/C23H33O2P/c1-15-8-17(3)22(18(4)9-15)13-26(25-12-21(7)24)14-23-19(5)10-16(2)11-20(23)6/h8-11,21,24H,12-14H2,1-7H3. The average molecular weight is 372 g/mol. The van der Waals surface area contributed by atoms with Crippen LogP contribution < -0.4 is 0 Å². The van der Waals surface area contributed by atoms with Crippen molar-refractivity contribution in [2.24, 2.45) is 0 Å². The highest BCUT2D eigenvalue weighted by Crippen LogP contribution is 2.47. The Hall–Kier alpha value is -1.21. The predicted octanol–water partition coefficient (Wildman–Crippen LogP) is 6.03. The molecule has 0 saturated carbocycles. The van der Waals surface area contributed by atoms with E-state index in [0.29, 0.717) is 6.61 Å². The molecule has 142 valence electrons. The van der Waals surface area contributed by atoms with Gasteiger partial charge in [-0.1, -0.05) is 35.4 Å². The highest BCUT2D eigenvalue weighted by molar-refractivity contribution is 7.50. The summed E-state index contributed by atoms with van der Waals surface area (Å²) in [6.07, 6.45) is 1.44. The molecule has 3 heteroatoms. The van der Waals surface area contributed by atoms with E-state index in [4.69, 9.17) is 4.52 Å². The lowest BCUT2D eigenvalue weighted by Crippen LogP contribution is -2.10. The number of benzene rings is 2. The third kappa shape index (κ3) is 5.64. The molecular formula is C23H33O2P. The zero-order valence-corrected chi connectivity index (χ0v) is 18.2. The molecule has 2 nitrogen and oxygen atoms in total. The Morgan fingerprint density at radius 3 is 1.42 bits per heavy atom. The van der Waals surface area contributed by atoms with Crippen LogP contribution >= 0.6 is 8.15 Å². The fourth-order valence-corrected chi connectivity index (χ4v) is 6.06. The summed E-state index contributed by atoms with van der Waals surface area (Å²) in [5.74, 6) is 0. The molecule has 0 fully saturated rings. The maximum Gasteiger partial charge on any atom is 0.0766 e. The number of aliphatic hydroxyl groups is 1. The van der Waals surface area contributed by atoms with Crippen molar-refractivity contribution in [1.82, 2.24) is 0 Å². The lowest BCUT2D eigenvalue weighted by molar-refractivity contribution is 0.129. The van der Waals surface area contributed by atoms with Crippen molar-refractivity contribution in [3.05, 3.63) is 68.8 Å². The summed E-state index contributed by atoms with van der Waals surface area (Å²) < 4.78 is 6.21. The molecule has 0 radical (unpaired) electrons. The van der Waals surface area contributed by atoms with E-state index in [1.807, 2.05) is 0 Å². The minimum atomic E-state index is -0.690. The quantitative estimate of drug-likeness (QED) is 0.601. The van der Waals surface area contributed by atoms with Crippen LogP contribution in [0.15, 0.2) is 24.3 Å². The molecule has 0 amide bonds. The van der Waals surface area contributed by atoms with Gasteiger partial charge >= 0.3 is 0 Å². The first-order valence-electron chi connectivity index (χ1n) is 9.36. The minimum absolute atomic E-state index is 0.402. The van der Waals surface area contributed by atoms with E-state index in [-0.39, 0.29) is 0 Å². The molecule has 0 aromatic heterocycles. The summed E-state index contributed by atoms with van der Waals surface area (Å²) >= 11 is 0. The van der Waals surface area contributed by atoms with Gasteiger partial charge in [0.25, 0.3) is 0 Å². The molecular weight excluding hydrogens is 339 g/mol. The molecule has 2 aromatic rings. The average Bonchev–Trinajstić information content (AvgIpc) is 2.50. The summed E-state index contributed by atoms with van der Waals surface area (Å²) in [6.45, 7) is 15.3. The SMILES string of the molecule is Cc1cc(C)c(CP(Cc2c(C)cc(C)cc2C)OCC(C)O)c(C)c1. The van der Waals surface area contributed by atoms with Crippen LogP contribution in [0, 0.1) is 41.5 Å². The van der Waals surface area contributed by atoms with Gasteiger partial charge < -0.3 is 9.63 Å². The maximum absolute atomic E-state index is 9.71. The van der Waals surface area contributed by atoms with Crippen LogP contribution in [0.2, 0.25) is 0 Å². The fourth-order valence-electron chi connectivity index (χ4n) is 3.63. The first-order valence-corrected chi connectivity index (χ1v) is 11.0. The fraction of sp³-hybridized carbons (Fsp3) is 0.478. The van der Waals surface area contributed by atoms with Gasteiger partial charge in [0.2, 0.25) is 0 Å². The van der Waals surface area contributed by atoms with Crippen LogP contribution in [0.3, 0.4) is 0 Å². The van der Waals surface area contributed by atoms with Gasteiger partial charge in [-0.2, -0.15) is 0 Å². The predicted molar refractivity (Wildman–Crippen MR) is 113 cm³/mol. The zero-order valence-electron chi connectivity index (χ0n) is 17.3. The van der Waals surface area contributed by atoms with Crippen LogP contribution in [0.4, 0.5) is 0 Å². The molecule has 0 heterocycles. The summed E-state index contributed by atoms with van der Waals surface area (Å²) in [5, 5.41) is 9.71. The zero-order chi connectivity index (χ0) is 19.4. The molecule has 2 rings (SSSR count). The van der Waals surface area contributed by atoms with E-state index in [2.05, 4.69) is 65.8 Å². The summed E-state index contributed by atoms with van der Waals surface area (Å²) in [7, 11) is -0.690. The minimum Gasteiger partial charge on any atom is -0.391 e. The van der Waals surface area contributed by atoms with E-state index in [9.17, 15) is 5.11 Å². The Balaban J connectivity index is 2.30. The molecule has 1 unspecified atom stereocenters. The van der Waals surface area contributed by atoms with Crippen LogP contribution in [0.25, 0.3) is 0 Å². The first-order chi connectivity index (χ1) is 12.2. The number of hydrogen-bond donors (Lipinski definition) is 1. The third-order valence-electron chi connectivity index (χ3n) is 4.85. The smallest absolute Gasteiger partial charge is 0.0766 e. The topological polar surface area (TPSA) is 29.5 Å². The van der Waals surface area contributed by atoms with Gasteiger partial charge in [-0.15, -0.1) is 0 Å². The molecule has 26 heavy (non-hydrogen) atoms. The first kappa shape index (κ1) is 21.1. The van der Waals surface area contributed by atoms with Gasteiger partial charge in [-0.3, -0.25) is 0 Å². The van der Waals surface area contributed by atoms with E-state index >= 15 is 0 Å². The van der Waals surface area contributed by atoms with E-state index in [0.717, 1.165) is 12.3 Å². The van der Waals surface area contributed by atoms with Crippen LogP contribution in [0.5, 0.6) is 0 Å². The normalized spacial score (nSPS) is 12.7. The second-order valence-corrected chi connectivity index (χ2v) is 9.55. The van der Waals surface area contributed by atoms with Gasteiger partial charge in [0.1, 0.15) is 0 Å². The van der Waals surface area contributed by atoms with Crippen molar-refractivity contribution in [3.8, 4) is 0 Å². The van der Waals surface area contributed by atoms with Gasteiger partial charge in [0, 0.05) is 20.5 Å². The third-order valence-corrected chi connectivity index (χ3v) is 6.70. The molecule has 0 aliphatic carbocycles. The van der Waals surface area contributed by atoms with Crippen molar-refractivity contribution in [2.75, 3.05) is 6.61 Å². The largest absolute Gasteiger partial charge is 0.391 e. The number of rotatable bonds is 7. The molecule has 1 atom stereocenters. The van der Waals surface area contributed by atoms with Crippen LogP contribution in [-0.4, -0.2) is 17.8 Å². The Kier molecular flexibility index (Phi) is 7.41. The highest BCUT2D eigenvalue weighted by Gasteiger charge is 2.18. The summed E-state index contributed by atoms with van der Waals surface area (Å²) in [6, 6.07) is 9.03. The van der Waals surface area contributed by atoms with Crippen molar-refractivity contribution in [3.63, 3.8) is 0 Å². The van der Waals surface area contributed by atoms with E-state index in [1.54, 1.807) is 6.92 Å². The van der Waals surface area contributed by atoms with Crippen LogP contribution in [0.1, 0.15) is 51.4 Å². The van der Waals surface area contributed by atoms with Gasteiger partial charge in [0.15, 0.2) is 0 Å². The molecule has 1 N–H and O–H groups in total. The van der Waals surface area contributed by atoms with Crippen molar-refractivity contribution in [2.45, 2.75) is 66.9 Å². The molecule has 0 aliphatic rings. The molecule has 0 bridgehead atoms. The Labute approximate surface area is 160 Å². The van der Waals surface area contributed by atoms with Gasteiger partial charge in [-0.25, -0.2) is 0 Å². The summed E-state index contributed by atoms with van der Waals surface area (Å²) in [4.78, 5) is 0. The Morgan fingerprint density at radius 1 is 0.769 bits per heavy atom. The second-order valence-electron chi connectivity index (χ2n) is 7.70. The number of aliphatic hydroxyl groups excluding tert-OH is 1. The molecule has 0 saturated heterocycles. The van der Waals surface area contributed by atoms with Crippen molar-refractivity contribution < 1.29 is 9.63 Å². The highest BCUT2D eigenvalue weighted by atomic mass is 31.1. The Bertz CT molecular complexity index is 659. The maximum atomic E-state index is 9.71. The van der Waals surface area contributed by atoms with Gasteiger partial charge in [0.05, 0.1) is 12.7 Å². The van der Waals surface area contributed by atoms with E-state index in [1.165, 1.54) is 44.5 Å². The van der Waals surface area contributed by atoms with Crippen LogP contribution in [-0.2, 0) is 16.8 Å². The lowest BCUT2D eigenvalue weighted by atomic mass is 10.0. The number of hydrogen-bond acceptors (Lipinski definition) is 2. The van der Waals surface area contributed by atoms with Crippen molar-refractivity contribution in [1.29, 1.82) is 0 Å². The Morgan fingerprint density at radius 2 is 1.12 bits per heavy atom. The molecule has 0 spiro atoms. The van der Waals surface area contributed by atoms with E-state index < -0.39 is 14.3 Å². The molecule has 2 aromatic carbocycles. The number of aryl methyl sites for hydroxylation is 6. The molecule has 0 aliphatic heterocycles. The summed E-state index contributed by atoms with van der Waals surface area (Å²) in [5.41, 5.74) is 10.8. The van der Waals surface area contributed by atoms with Crippen molar-refractivity contribution >= 4 is 8.15 Å². The lowest BCUT2D eigenvalue weighted by Gasteiger charge is -2.23. The second kappa shape index (κ2) is 9.13.